The number of ether oxygens (including phenoxy) is 1. The van der Waals surface area contributed by atoms with Crippen molar-refractivity contribution in [2.45, 2.75) is 6.92 Å². The Bertz CT molecular complexity index is 566. The number of benzene rings is 1. The Morgan fingerprint density at radius 2 is 1.74 bits per heavy atom. The summed E-state index contributed by atoms with van der Waals surface area (Å²) in [6.07, 6.45) is 3.38. The molecule has 23 heavy (non-hydrogen) atoms. The van der Waals surface area contributed by atoms with E-state index < -0.39 is 0 Å². The van der Waals surface area contributed by atoms with Crippen molar-refractivity contribution in [1.29, 1.82) is 0 Å². The first kappa shape index (κ1) is 17.4. The van der Waals surface area contributed by atoms with Gasteiger partial charge in [0.1, 0.15) is 0 Å². The fraction of sp³-hybridized carbons (Fsp3) is 0.412. The van der Waals surface area contributed by atoms with Gasteiger partial charge in [0.25, 0.3) is 0 Å². The van der Waals surface area contributed by atoms with Gasteiger partial charge in [0.15, 0.2) is 5.78 Å². The van der Waals surface area contributed by atoms with E-state index in [0.29, 0.717) is 38.3 Å². The maximum Gasteiger partial charge on any atom is 0.409 e. The number of rotatable bonds is 5. The normalized spacial score (nSPS) is 15.5. The average molecular weight is 334 g/mol. The predicted octanol–water partition coefficient (Wildman–Crippen LogP) is 2.85. The van der Waals surface area contributed by atoms with Crippen LogP contribution in [0.5, 0.6) is 0 Å². The van der Waals surface area contributed by atoms with Gasteiger partial charge in [-0.1, -0.05) is 30.3 Å². The summed E-state index contributed by atoms with van der Waals surface area (Å²) < 4.78 is 5.02. The second kappa shape index (κ2) is 8.62. The standard InChI is InChI=1S/C17H22N2O3S/c1-3-22-17(21)19-11-9-18(10-12-19)16(23-2)13-15(20)14-7-5-4-6-8-14/h4-8,13H,3,9-12H2,1-2H3/b16-13-. The molecule has 1 aromatic carbocycles. The first-order valence-corrected chi connectivity index (χ1v) is 8.90. The average Bonchev–Trinajstić information content (AvgIpc) is 2.60. The zero-order valence-electron chi connectivity index (χ0n) is 13.5. The minimum absolute atomic E-state index is 0.00257. The van der Waals surface area contributed by atoms with E-state index in [-0.39, 0.29) is 11.9 Å². The molecular formula is C17H22N2O3S. The Kier molecular flexibility index (Phi) is 6.52. The molecular weight excluding hydrogens is 312 g/mol. The summed E-state index contributed by atoms with van der Waals surface area (Å²) >= 11 is 1.55. The number of allylic oxidation sites excluding steroid dienone is 1. The quantitative estimate of drug-likeness (QED) is 0.612. The summed E-state index contributed by atoms with van der Waals surface area (Å²) in [5, 5.41) is 0.933. The van der Waals surface area contributed by atoms with Gasteiger partial charge in [-0.2, -0.15) is 0 Å². The van der Waals surface area contributed by atoms with E-state index >= 15 is 0 Å². The van der Waals surface area contributed by atoms with Gasteiger partial charge in [0.05, 0.1) is 11.6 Å². The van der Waals surface area contributed by atoms with Gasteiger partial charge in [-0.15, -0.1) is 11.8 Å². The fourth-order valence-corrected chi connectivity index (χ4v) is 3.07. The van der Waals surface area contributed by atoms with E-state index in [1.165, 1.54) is 0 Å². The lowest BCUT2D eigenvalue weighted by Gasteiger charge is -2.36. The van der Waals surface area contributed by atoms with E-state index in [1.54, 1.807) is 29.7 Å². The number of ketones is 1. The van der Waals surface area contributed by atoms with Crippen molar-refractivity contribution in [1.82, 2.24) is 9.80 Å². The minimum atomic E-state index is -0.262. The van der Waals surface area contributed by atoms with Gasteiger partial charge in [0.2, 0.25) is 0 Å². The molecule has 1 amide bonds. The first-order chi connectivity index (χ1) is 11.2. The summed E-state index contributed by atoms with van der Waals surface area (Å²) in [6, 6.07) is 9.24. The van der Waals surface area contributed by atoms with E-state index in [4.69, 9.17) is 4.74 Å². The molecule has 6 heteroatoms. The van der Waals surface area contributed by atoms with Crippen LogP contribution in [0.15, 0.2) is 41.4 Å². The zero-order chi connectivity index (χ0) is 16.7. The lowest BCUT2D eigenvalue weighted by Crippen LogP contribution is -2.48. The lowest BCUT2D eigenvalue weighted by molar-refractivity contribution is 0.0879. The number of thioether (sulfide) groups is 1. The van der Waals surface area contributed by atoms with Crippen LogP contribution in [0.25, 0.3) is 0 Å². The summed E-state index contributed by atoms with van der Waals surface area (Å²) in [5.74, 6) is 0.00257. The van der Waals surface area contributed by atoms with Crippen LogP contribution in [0, 0.1) is 0 Å². The van der Waals surface area contributed by atoms with Gasteiger partial charge in [0, 0.05) is 37.8 Å². The molecule has 0 bridgehead atoms. The molecule has 124 valence electrons. The highest BCUT2D eigenvalue weighted by molar-refractivity contribution is 8.02. The van der Waals surface area contributed by atoms with Crippen LogP contribution >= 0.6 is 11.8 Å². The maximum atomic E-state index is 12.3. The number of hydrogen-bond donors (Lipinski definition) is 0. The molecule has 0 atom stereocenters. The van der Waals surface area contributed by atoms with Crippen LogP contribution in [0.3, 0.4) is 0 Å². The van der Waals surface area contributed by atoms with E-state index in [9.17, 15) is 9.59 Å². The van der Waals surface area contributed by atoms with Crippen molar-refractivity contribution in [3.8, 4) is 0 Å². The highest BCUT2D eigenvalue weighted by atomic mass is 32.2. The molecule has 1 heterocycles. The summed E-state index contributed by atoms with van der Waals surface area (Å²) in [4.78, 5) is 27.9. The highest BCUT2D eigenvalue weighted by Gasteiger charge is 2.23. The van der Waals surface area contributed by atoms with Gasteiger partial charge >= 0.3 is 6.09 Å². The third kappa shape index (κ3) is 4.76. The summed E-state index contributed by atoms with van der Waals surface area (Å²) in [5.41, 5.74) is 0.684. The van der Waals surface area contributed by atoms with E-state index in [1.807, 2.05) is 36.6 Å². The number of piperazine rings is 1. The molecule has 1 saturated heterocycles. The summed E-state index contributed by atoms with van der Waals surface area (Å²) in [7, 11) is 0. The fourth-order valence-electron chi connectivity index (χ4n) is 2.40. The van der Waals surface area contributed by atoms with Crippen molar-refractivity contribution in [3.05, 3.63) is 47.0 Å². The molecule has 0 unspecified atom stereocenters. The van der Waals surface area contributed by atoms with Crippen LogP contribution in [0.2, 0.25) is 0 Å². The molecule has 0 saturated carbocycles. The molecule has 1 fully saturated rings. The predicted molar refractivity (Wildman–Crippen MR) is 92.5 cm³/mol. The third-order valence-corrected chi connectivity index (χ3v) is 4.43. The number of carbonyl (C=O) groups is 2. The van der Waals surface area contributed by atoms with Crippen molar-refractivity contribution in [2.24, 2.45) is 0 Å². The van der Waals surface area contributed by atoms with Crippen LogP contribution in [-0.4, -0.2) is 60.7 Å². The number of hydrogen-bond acceptors (Lipinski definition) is 5. The van der Waals surface area contributed by atoms with Gasteiger partial charge in [-0.25, -0.2) is 4.79 Å². The van der Waals surface area contributed by atoms with Crippen molar-refractivity contribution < 1.29 is 14.3 Å². The molecule has 0 spiro atoms. The molecule has 0 aromatic heterocycles. The Morgan fingerprint density at radius 1 is 1.13 bits per heavy atom. The number of amides is 1. The van der Waals surface area contributed by atoms with E-state index in [2.05, 4.69) is 4.90 Å². The molecule has 0 aliphatic carbocycles. The second-order valence-electron chi connectivity index (χ2n) is 5.09. The van der Waals surface area contributed by atoms with Gasteiger partial charge < -0.3 is 14.5 Å². The van der Waals surface area contributed by atoms with Crippen LogP contribution in [0.4, 0.5) is 4.79 Å². The van der Waals surface area contributed by atoms with Crippen molar-refractivity contribution >= 4 is 23.6 Å². The largest absolute Gasteiger partial charge is 0.450 e. The minimum Gasteiger partial charge on any atom is -0.450 e. The number of carbonyl (C=O) groups excluding carboxylic acids is 2. The number of nitrogens with zero attached hydrogens (tertiary/aromatic N) is 2. The van der Waals surface area contributed by atoms with Crippen molar-refractivity contribution in [2.75, 3.05) is 39.0 Å². The Labute approximate surface area is 141 Å². The zero-order valence-corrected chi connectivity index (χ0v) is 14.3. The molecule has 1 aliphatic heterocycles. The van der Waals surface area contributed by atoms with Crippen LogP contribution < -0.4 is 0 Å². The third-order valence-electron chi connectivity index (χ3n) is 3.64. The Morgan fingerprint density at radius 3 is 2.30 bits per heavy atom. The lowest BCUT2D eigenvalue weighted by atomic mass is 10.1. The molecule has 0 radical (unpaired) electrons. The van der Waals surface area contributed by atoms with Gasteiger partial charge in [-0.3, -0.25) is 4.79 Å². The topological polar surface area (TPSA) is 49.9 Å². The molecule has 1 aromatic rings. The van der Waals surface area contributed by atoms with Crippen molar-refractivity contribution in [3.63, 3.8) is 0 Å². The van der Waals surface area contributed by atoms with Crippen LogP contribution in [-0.2, 0) is 4.74 Å². The first-order valence-electron chi connectivity index (χ1n) is 7.67. The molecule has 5 nitrogen and oxygen atoms in total. The molecule has 2 rings (SSSR count). The Hall–Kier alpha value is -1.95. The SMILES string of the molecule is CCOC(=O)N1CCN(/C(=C/C(=O)c2ccccc2)SC)CC1. The van der Waals surface area contributed by atoms with Crippen LogP contribution in [0.1, 0.15) is 17.3 Å². The molecule has 1 aliphatic rings. The Balaban J connectivity index is 1.98. The molecule has 0 N–H and O–H groups in total. The maximum absolute atomic E-state index is 12.3. The second-order valence-corrected chi connectivity index (χ2v) is 5.92. The highest BCUT2D eigenvalue weighted by Crippen LogP contribution is 2.20. The van der Waals surface area contributed by atoms with Gasteiger partial charge in [-0.05, 0) is 13.2 Å². The summed E-state index contributed by atoms with van der Waals surface area (Å²) in [6.45, 7) is 4.81. The van der Waals surface area contributed by atoms with E-state index in [0.717, 1.165) is 5.03 Å². The monoisotopic (exact) mass is 334 g/mol. The smallest absolute Gasteiger partial charge is 0.409 e.